The maximum Gasteiger partial charge on any atom is 0.171 e. The van der Waals surface area contributed by atoms with Crippen LogP contribution in [0, 0.1) is 0 Å². The molecular weight excluding hydrogens is 256 g/mol. The third-order valence-electron chi connectivity index (χ3n) is 2.46. The van der Waals surface area contributed by atoms with Crippen molar-refractivity contribution in [2.24, 2.45) is 10.9 Å². The van der Waals surface area contributed by atoms with Gasteiger partial charge >= 0.3 is 0 Å². The molecule has 0 bridgehead atoms. The molecule has 100 valence electrons. The van der Waals surface area contributed by atoms with E-state index in [2.05, 4.69) is 10.1 Å². The Bertz CT molecular complexity index is 426. The molecule has 0 fully saturated rings. The van der Waals surface area contributed by atoms with Gasteiger partial charge in [0, 0.05) is 39.1 Å². The van der Waals surface area contributed by atoms with E-state index in [9.17, 15) is 0 Å². The second-order valence-corrected chi connectivity index (χ2v) is 4.13. The van der Waals surface area contributed by atoms with Crippen LogP contribution in [0.3, 0.4) is 0 Å². The van der Waals surface area contributed by atoms with Gasteiger partial charge in [0.2, 0.25) is 0 Å². The summed E-state index contributed by atoms with van der Waals surface area (Å²) in [6.07, 6.45) is 2.43. The lowest BCUT2D eigenvalue weighted by Crippen LogP contribution is -2.23. The predicted octanol–water partition coefficient (Wildman–Crippen LogP) is 1.30. The summed E-state index contributed by atoms with van der Waals surface area (Å²) in [5.41, 5.74) is 6.00. The zero-order valence-corrected chi connectivity index (χ0v) is 11.2. The lowest BCUT2D eigenvalue weighted by molar-refractivity contribution is 0.196. The lowest BCUT2D eigenvalue weighted by Gasteiger charge is -2.20. The molecule has 0 saturated carbocycles. The molecule has 1 aromatic rings. The van der Waals surface area contributed by atoms with Gasteiger partial charge in [0.25, 0.3) is 0 Å². The fourth-order valence-electron chi connectivity index (χ4n) is 1.50. The van der Waals surface area contributed by atoms with Gasteiger partial charge in [-0.2, -0.15) is 0 Å². The molecule has 0 aliphatic heterocycles. The number of nitrogens with zero attached hydrogens (tertiary/aromatic N) is 3. The SMILES string of the molecule is COCCCN(C)c1nccc(/C(N)=N/O)c1Cl. The molecule has 0 atom stereocenters. The zero-order chi connectivity index (χ0) is 13.5. The molecule has 1 heterocycles. The number of hydrogen-bond acceptors (Lipinski definition) is 5. The van der Waals surface area contributed by atoms with Gasteiger partial charge < -0.3 is 20.6 Å². The molecule has 0 aliphatic rings. The summed E-state index contributed by atoms with van der Waals surface area (Å²) in [6.45, 7) is 1.42. The topological polar surface area (TPSA) is 84.0 Å². The van der Waals surface area contributed by atoms with Crippen molar-refractivity contribution in [3.8, 4) is 0 Å². The number of aromatic nitrogens is 1. The minimum absolute atomic E-state index is 0.0334. The highest BCUT2D eigenvalue weighted by atomic mass is 35.5. The summed E-state index contributed by atoms with van der Waals surface area (Å²) in [5, 5.41) is 12.0. The van der Waals surface area contributed by atoms with Crippen LogP contribution >= 0.6 is 11.6 Å². The molecule has 6 nitrogen and oxygen atoms in total. The molecule has 0 amide bonds. The van der Waals surface area contributed by atoms with Crippen molar-refractivity contribution < 1.29 is 9.94 Å². The van der Waals surface area contributed by atoms with E-state index in [-0.39, 0.29) is 5.84 Å². The summed E-state index contributed by atoms with van der Waals surface area (Å²) >= 11 is 6.18. The Hall–Kier alpha value is -1.53. The summed E-state index contributed by atoms with van der Waals surface area (Å²) in [6, 6.07) is 1.60. The van der Waals surface area contributed by atoms with E-state index in [0.717, 1.165) is 13.0 Å². The first-order valence-corrected chi connectivity index (χ1v) is 5.82. The van der Waals surface area contributed by atoms with E-state index in [1.807, 2.05) is 11.9 Å². The van der Waals surface area contributed by atoms with E-state index in [1.54, 1.807) is 19.4 Å². The van der Waals surface area contributed by atoms with Crippen molar-refractivity contribution in [3.63, 3.8) is 0 Å². The second kappa shape index (κ2) is 7.03. The molecule has 0 radical (unpaired) electrons. The number of halogens is 1. The Morgan fingerprint density at radius 3 is 3.00 bits per heavy atom. The van der Waals surface area contributed by atoms with Crippen LogP contribution in [0.25, 0.3) is 0 Å². The van der Waals surface area contributed by atoms with Crippen LogP contribution < -0.4 is 10.6 Å². The fraction of sp³-hybridized carbons (Fsp3) is 0.455. The highest BCUT2D eigenvalue weighted by molar-refractivity contribution is 6.36. The number of ether oxygens (including phenoxy) is 1. The molecule has 0 saturated heterocycles. The number of anilines is 1. The number of nitrogens with two attached hydrogens (primary N) is 1. The van der Waals surface area contributed by atoms with Gasteiger partial charge in [-0.05, 0) is 12.5 Å². The predicted molar refractivity (Wildman–Crippen MR) is 71.5 cm³/mol. The molecule has 0 aliphatic carbocycles. The average Bonchev–Trinajstić information content (AvgIpc) is 2.38. The Kier molecular flexibility index (Phi) is 5.67. The Morgan fingerprint density at radius 2 is 2.39 bits per heavy atom. The van der Waals surface area contributed by atoms with Gasteiger partial charge in [0.05, 0.1) is 5.02 Å². The largest absolute Gasteiger partial charge is 0.409 e. The first-order valence-electron chi connectivity index (χ1n) is 5.44. The zero-order valence-electron chi connectivity index (χ0n) is 10.4. The van der Waals surface area contributed by atoms with Gasteiger partial charge in [0.1, 0.15) is 5.82 Å². The molecule has 18 heavy (non-hydrogen) atoms. The highest BCUT2D eigenvalue weighted by Gasteiger charge is 2.13. The maximum absolute atomic E-state index is 8.67. The fourth-order valence-corrected chi connectivity index (χ4v) is 1.86. The van der Waals surface area contributed by atoms with Crippen LogP contribution in [-0.2, 0) is 4.74 Å². The van der Waals surface area contributed by atoms with Gasteiger partial charge in [-0.1, -0.05) is 16.8 Å². The van der Waals surface area contributed by atoms with E-state index >= 15 is 0 Å². The molecular formula is C11H17ClN4O2. The maximum atomic E-state index is 8.67. The first kappa shape index (κ1) is 14.5. The van der Waals surface area contributed by atoms with Crippen LogP contribution in [-0.4, -0.2) is 43.3 Å². The monoisotopic (exact) mass is 272 g/mol. The smallest absolute Gasteiger partial charge is 0.171 e. The minimum Gasteiger partial charge on any atom is -0.409 e. The van der Waals surface area contributed by atoms with Gasteiger partial charge in [-0.3, -0.25) is 0 Å². The van der Waals surface area contributed by atoms with E-state index in [1.165, 1.54) is 0 Å². The van der Waals surface area contributed by atoms with Crippen molar-refractivity contribution in [1.29, 1.82) is 0 Å². The van der Waals surface area contributed by atoms with Crippen LogP contribution in [0.5, 0.6) is 0 Å². The van der Waals surface area contributed by atoms with Gasteiger partial charge in [-0.25, -0.2) is 4.98 Å². The molecule has 0 spiro atoms. The van der Waals surface area contributed by atoms with Crippen molar-refractivity contribution in [2.75, 3.05) is 32.2 Å². The van der Waals surface area contributed by atoms with Crippen LogP contribution in [0.15, 0.2) is 17.4 Å². The third-order valence-corrected chi connectivity index (χ3v) is 2.83. The lowest BCUT2D eigenvalue weighted by atomic mass is 10.2. The minimum atomic E-state index is -0.0334. The Labute approximate surface area is 111 Å². The second-order valence-electron chi connectivity index (χ2n) is 3.75. The van der Waals surface area contributed by atoms with E-state index in [0.29, 0.717) is 23.0 Å². The quantitative estimate of drug-likeness (QED) is 0.268. The number of methoxy groups -OCH3 is 1. The van der Waals surface area contributed by atoms with E-state index < -0.39 is 0 Å². The molecule has 7 heteroatoms. The molecule has 1 aromatic heterocycles. The molecule has 3 N–H and O–H groups in total. The Balaban J connectivity index is 2.89. The summed E-state index contributed by atoms with van der Waals surface area (Å²) < 4.78 is 4.99. The van der Waals surface area contributed by atoms with Gasteiger partial charge in [0.15, 0.2) is 5.84 Å². The standard InChI is InChI=1S/C11H17ClN4O2/c1-16(6-3-7-18-2)11-9(12)8(4-5-14-11)10(13)15-17/h4-5,17H,3,6-7H2,1-2H3,(H2,13,15). The normalized spacial score (nSPS) is 11.6. The van der Waals surface area contributed by atoms with Crippen molar-refractivity contribution in [3.05, 3.63) is 22.8 Å². The number of oxime groups is 1. The summed E-state index contributed by atoms with van der Waals surface area (Å²) in [4.78, 5) is 6.09. The van der Waals surface area contributed by atoms with Gasteiger partial charge in [-0.15, -0.1) is 0 Å². The first-order chi connectivity index (χ1) is 8.61. The van der Waals surface area contributed by atoms with Crippen LogP contribution in [0.2, 0.25) is 5.02 Å². The average molecular weight is 273 g/mol. The molecule has 1 rings (SSSR count). The van der Waals surface area contributed by atoms with E-state index in [4.69, 9.17) is 27.3 Å². The van der Waals surface area contributed by atoms with Crippen LogP contribution in [0.4, 0.5) is 5.82 Å². The van der Waals surface area contributed by atoms with Crippen LogP contribution in [0.1, 0.15) is 12.0 Å². The van der Waals surface area contributed by atoms with Crippen molar-refractivity contribution in [1.82, 2.24) is 4.98 Å². The Morgan fingerprint density at radius 1 is 1.67 bits per heavy atom. The number of pyridine rings is 1. The number of rotatable bonds is 6. The third kappa shape index (κ3) is 3.48. The van der Waals surface area contributed by atoms with Crippen molar-refractivity contribution in [2.45, 2.75) is 6.42 Å². The number of amidine groups is 1. The van der Waals surface area contributed by atoms with Crippen molar-refractivity contribution >= 4 is 23.3 Å². The molecule has 0 aromatic carbocycles. The summed E-state index contributed by atoms with van der Waals surface area (Å²) in [7, 11) is 3.53. The number of hydrogen-bond donors (Lipinski definition) is 2. The highest BCUT2D eigenvalue weighted by Crippen LogP contribution is 2.26. The molecule has 0 unspecified atom stereocenters. The summed E-state index contributed by atoms with van der Waals surface area (Å²) in [5.74, 6) is 0.561.